The Kier molecular flexibility index (Phi) is 5.51. The number of nitrogens with zero attached hydrogens (tertiary/aromatic N) is 5. The molecule has 0 saturated carbocycles. The summed E-state index contributed by atoms with van der Waals surface area (Å²) < 4.78 is 22.3. The lowest BCUT2D eigenvalue weighted by molar-refractivity contribution is -0.120. The molecule has 2 N–H and O–H groups in total. The lowest BCUT2D eigenvalue weighted by Gasteiger charge is -2.32. The van der Waals surface area contributed by atoms with Gasteiger partial charge in [0.2, 0.25) is 11.7 Å². The van der Waals surface area contributed by atoms with Crippen LogP contribution in [0.5, 0.6) is 5.75 Å². The van der Waals surface area contributed by atoms with Crippen molar-refractivity contribution in [1.29, 1.82) is 0 Å². The molecule has 168 valence electrons. The number of aromatic hydroxyl groups is 1. The van der Waals surface area contributed by atoms with Crippen molar-refractivity contribution in [3.05, 3.63) is 63.6 Å². The first-order valence-electron chi connectivity index (χ1n) is 10.1. The van der Waals surface area contributed by atoms with Gasteiger partial charge in [0.25, 0.3) is 5.56 Å². The van der Waals surface area contributed by atoms with Gasteiger partial charge in [-0.25, -0.2) is 19.0 Å². The highest BCUT2D eigenvalue weighted by Gasteiger charge is 2.33. The van der Waals surface area contributed by atoms with Crippen LogP contribution in [0.1, 0.15) is 36.8 Å². The highest BCUT2D eigenvalue weighted by molar-refractivity contribution is 5.78. The second kappa shape index (κ2) is 8.15. The Morgan fingerprint density at radius 1 is 1.38 bits per heavy atom. The van der Waals surface area contributed by atoms with E-state index in [1.807, 2.05) is 0 Å². The van der Waals surface area contributed by atoms with E-state index in [2.05, 4.69) is 20.4 Å². The first kappa shape index (κ1) is 21.6. The molecule has 0 spiro atoms. The van der Waals surface area contributed by atoms with E-state index in [-0.39, 0.29) is 25.2 Å². The van der Waals surface area contributed by atoms with Crippen LogP contribution in [0.25, 0.3) is 5.69 Å². The van der Waals surface area contributed by atoms with Crippen LogP contribution >= 0.6 is 0 Å². The molecule has 32 heavy (non-hydrogen) atoms. The molecule has 0 radical (unpaired) electrons. The van der Waals surface area contributed by atoms with Crippen LogP contribution in [-0.4, -0.2) is 41.9 Å². The van der Waals surface area contributed by atoms with Crippen molar-refractivity contribution >= 4 is 5.91 Å². The molecule has 0 atom stereocenters. The van der Waals surface area contributed by atoms with Crippen molar-refractivity contribution in [2.45, 2.75) is 45.9 Å². The van der Waals surface area contributed by atoms with E-state index in [1.54, 1.807) is 26.8 Å². The molecule has 11 heteroatoms. The predicted octanol–water partition coefficient (Wildman–Crippen LogP) is 1.10. The van der Waals surface area contributed by atoms with Crippen molar-refractivity contribution in [2.24, 2.45) is 0 Å². The average molecular weight is 442 g/mol. The third kappa shape index (κ3) is 3.98. The molecule has 1 amide bonds. The summed E-state index contributed by atoms with van der Waals surface area (Å²) in [5, 5.41) is 17.1. The van der Waals surface area contributed by atoms with E-state index in [9.17, 15) is 19.1 Å². The van der Waals surface area contributed by atoms with Crippen molar-refractivity contribution in [3.8, 4) is 11.4 Å². The van der Waals surface area contributed by atoms with Gasteiger partial charge >= 0.3 is 0 Å². The number of fused-ring (bicyclic) bond motifs is 1. The fourth-order valence-electron chi connectivity index (χ4n) is 3.66. The lowest BCUT2D eigenvalue weighted by atomic mass is 10.1. The van der Waals surface area contributed by atoms with Crippen LogP contribution < -0.4 is 10.9 Å². The quantitative estimate of drug-likeness (QED) is 0.606. The SMILES string of the molecule is Cc1ncnn1-c1cc(F)ccc1CNC(=O)Cc1nc2n(c(=O)c1O)CCOC2(C)C. The molecule has 0 fully saturated rings. The number of carbonyl (C=O) groups excluding carboxylic acids is 1. The zero-order valence-corrected chi connectivity index (χ0v) is 17.9. The zero-order chi connectivity index (χ0) is 23.0. The second-order valence-electron chi connectivity index (χ2n) is 7.99. The Labute approximate surface area is 182 Å². The number of benzene rings is 1. The number of amides is 1. The summed E-state index contributed by atoms with van der Waals surface area (Å²) in [7, 11) is 0. The normalized spacial score (nSPS) is 14.8. The van der Waals surface area contributed by atoms with Crippen LogP contribution in [0.15, 0.2) is 29.3 Å². The largest absolute Gasteiger partial charge is 0.502 e. The van der Waals surface area contributed by atoms with Gasteiger partial charge < -0.3 is 15.2 Å². The van der Waals surface area contributed by atoms with Gasteiger partial charge in [0, 0.05) is 6.54 Å². The van der Waals surface area contributed by atoms with E-state index < -0.39 is 28.6 Å². The number of hydrogen-bond donors (Lipinski definition) is 2. The van der Waals surface area contributed by atoms with Gasteiger partial charge in [0.15, 0.2) is 0 Å². The van der Waals surface area contributed by atoms with Gasteiger partial charge in [-0.15, -0.1) is 0 Å². The molecule has 1 aromatic carbocycles. The first-order chi connectivity index (χ1) is 15.2. The first-order valence-corrected chi connectivity index (χ1v) is 10.1. The summed E-state index contributed by atoms with van der Waals surface area (Å²) in [5.74, 6) is -0.536. The van der Waals surface area contributed by atoms with Gasteiger partial charge in [0.1, 0.15) is 29.4 Å². The van der Waals surface area contributed by atoms with E-state index in [4.69, 9.17) is 4.74 Å². The number of ether oxygens (including phenoxy) is 1. The maximum Gasteiger partial charge on any atom is 0.296 e. The molecule has 0 bridgehead atoms. The van der Waals surface area contributed by atoms with Crippen LogP contribution in [0.3, 0.4) is 0 Å². The minimum atomic E-state index is -0.824. The Morgan fingerprint density at radius 3 is 2.88 bits per heavy atom. The van der Waals surface area contributed by atoms with Crippen molar-refractivity contribution in [1.82, 2.24) is 29.6 Å². The van der Waals surface area contributed by atoms with Crippen molar-refractivity contribution in [3.63, 3.8) is 0 Å². The second-order valence-corrected chi connectivity index (χ2v) is 7.99. The molecule has 0 aliphatic carbocycles. The summed E-state index contributed by atoms with van der Waals surface area (Å²) in [6.45, 7) is 5.95. The van der Waals surface area contributed by atoms with Gasteiger partial charge in [0.05, 0.1) is 31.0 Å². The zero-order valence-electron chi connectivity index (χ0n) is 17.9. The van der Waals surface area contributed by atoms with Gasteiger partial charge in [-0.2, -0.15) is 5.10 Å². The number of carbonyl (C=O) groups is 1. The van der Waals surface area contributed by atoms with Crippen LogP contribution in [0.2, 0.25) is 0 Å². The molecule has 3 aromatic rings. The Balaban J connectivity index is 1.55. The van der Waals surface area contributed by atoms with Crippen molar-refractivity contribution < 1.29 is 19.0 Å². The van der Waals surface area contributed by atoms with E-state index in [1.165, 1.54) is 27.7 Å². The smallest absolute Gasteiger partial charge is 0.296 e. The number of hydrogen-bond acceptors (Lipinski definition) is 7. The fourth-order valence-corrected chi connectivity index (χ4v) is 3.66. The summed E-state index contributed by atoms with van der Waals surface area (Å²) in [5.41, 5.74) is -0.382. The minimum absolute atomic E-state index is 0.0243. The number of nitrogens with one attached hydrogen (secondary N) is 1. The van der Waals surface area contributed by atoms with E-state index >= 15 is 0 Å². The maximum atomic E-state index is 13.8. The van der Waals surface area contributed by atoms with Gasteiger partial charge in [-0.05, 0) is 38.5 Å². The molecule has 0 unspecified atom stereocenters. The fraction of sp³-hybridized carbons (Fsp3) is 0.381. The van der Waals surface area contributed by atoms with Crippen LogP contribution in [-0.2, 0) is 34.6 Å². The number of aryl methyl sites for hydroxylation is 1. The standard InChI is InChI=1S/C21H23FN6O4/c1-12-24-11-25-28(12)16-8-14(22)5-4-13(16)10-23-17(29)9-15-18(30)19(31)27-6-7-32-21(2,3)20(27)26-15/h4-5,8,11,30H,6-7,9-10H2,1-3H3,(H,23,29). The lowest BCUT2D eigenvalue weighted by Crippen LogP contribution is -2.41. The van der Waals surface area contributed by atoms with E-state index in [0.29, 0.717) is 29.5 Å². The summed E-state index contributed by atoms with van der Waals surface area (Å²) in [6.07, 6.45) is 1.06. The van der Waals surface area contributed by atoms with Crippen LogP contribution in [0.4, 0.5) is 4.39 Å². The average Bonchev–Trinajstić information content (AvgIpc) is 3.17. The number of aromatic nitrogens is 5. The molecule has 0 saturated heterocycles. The third-order valence-electron chi connectivity index (χ3n) is 5.33. The Hall–Kier alpha value is -3.60. The summed E-state index contributed by atoms with van der Waals surface area (Å²) in [6, 6.07) is 4.15. The predicted molar refractivity (Wildman–Crippen MR) is 111 cm³/mol. The third-order valence-corrected chi connectivity index (χ3v) is 5.33. The molecule has 10 nitrogen and oxygen atoms in total. The van der Waals surface area contributed by atoms with Crippen LogP contribution in [0, 0.1) is 12.7 Å². The van der Waals surface area contributed by atoms with E-state index in [0.717, 1.165) is 0 Å². The molecular weight excluding hydrogens is 419 g/mol. The Morgan fingerprint density at radius 2 is 2.16 bits per heavy atom. The topological polar surface area (TPSA) is 124 Å². The highest BCUT2D eigenvalue weighted by Crippen LogP contribution is 2.27. The molecule has 1 aliphatic rings. The molecule has 1 aliphatic heterocycles. The summed E-state index contributed by atoms with van der Waals surface area (Å²) in [4.78, 5) is 33.6. The number of halogens is 1. The number of rotatable bonds is 5. The van der Waals surface area contributed by atoms with Gasteiger partial charge in [-0.1, -0.05) is 6.07 Å². The summed E-state index contributed by atoms with van der Waals surface area (Å²) >= 11 is 0. The molecular formula is C21H23FN6O4. The molecule has 2 aromatic heterocycles. The van der Waals surface area contributed by atoms with Crippen molar-refractivity contribution in [2.75, 3.05) is 6.61 Å². The monoisotopic (exact) mass is 442 g/mol. The molecule has 3 heterocycles. The maximum absolute atomic E-state index is 13.8. The Bertz CT molecular complexity index is 1250. The highest BCUT2D eigenvalue weighted by atomic mass is 19.1. The van der Waals surface area contributed by atoms with Gasteiger partial charge in [-0.3, -0.25) is 14.2 Å². The molecule has 4 rings (SSSR count). The minimum Gasteiger partial charge on any atom is -0.502 e.